The number of aryl methyl sites for hydroxylation is 1. The van der Waals surface area contributed by atoms with Crippen LogP contribution in [-0.2, 0) is 6.42 Å². The summed E-state index contributed by atoms with van der Waals surface area (Å²) in [6.07, 6.45) is 3.73. The number of nitrogens with zero attached hydrogens (tertiary/aromatic N) is 3. The number of hydrogen-bond acceptors (Lipinski definition) is 4. The van der Waals surface area contributed by atoms with Crippen molar-refractivity contribution >= 4 is 23.5 Å². The van der Waals surface area contributed by atoms with Gasteiger partial charge >= 0.3 is 12.1 Å². The second-order valence-electron chi connectivity index (χ2n) is 6.88. The molecule has 8 nitrogen and oxygen atoms in total. The van der Waals surface area contributed by atoms with E-state index in [4.69, 9.17) is 5.11 Å². The van der Waals surface area contributed by atoms with Gasteiger partial charge in [-0.25, -0.2) is 14.0 Å². The molecule has 0 saturated carbocycles. The molecule has 1 aromatic carbocycles. The van der Waals surface area contributed by atoms with Crippen molar-refractivity contribution in [3.8, 4) is 0 Å². The van der Waals surface area contributed by atoms with Crippen molar-refractivity contribution in [3.05, 3.63) is 54.1 Å². The molecule has 9 heteroatoms. The Morgan fingerprint density at radius 3 is 2.55 bits per heavy atom. The Hall–Kier alpha value is -3.20. The molecule has 0 atom stereocenters. The molecule has 154 valence electrons. The Balaban J connectivity index is 1.47. The molecule has 3 N–H and O–H groups in total. The number of aromatic nitrogens is 1. The van der Waals surface area contributed by atoms with Crippen LogP contribution in [0, 0.1) is 5.82 Å². The van der Waals surface area contributed by atoms with Gasteiger partial charge in [-0.15, -0.1) is 0 Å². The SMILES string of the molecule is O=C(Nc1cccnc1)Nc1cc(F)cc(CCCN2CCN(C(=O)O)CC2)c1. The third kappa shape index (κ3) is 6.42. The van der Waals surface area contributed by atoms with E-state index in [1.165, 1.54) is 23.2 Å². The lowest BCUT2D eigenvalue weighted by molar-refractivity contribution is 0.105. The standard InChI is InChI=1S/C20H24FN5O3/c21-16-11-15(3-2-6-25-7-9-26(10-8-25)20(28)29)12-18(13-16)24-19(27)23-17-4-1-5-22-14-17/h1,4-5,11-14H,2-3,6-10H2,(H,28,29)(H2,23,24,27). The van der Waals surface area contributed by atoms with Crippen LogP contribution in [0.5, 0.6) is 0 Å². The number of carboxylic acid groups (broad SMARTS) is 1. The molecular weight excluding hydrogens is 377 g/mol. The molecule has 0 bridgehead atoms. The van der Waals surface area contributed by atoms with Crippen LogP contribution in [0.15, 0.2) is 42.7 Å². The first kappa shape index (κ1) is 20.5. The third-order valence-corrected chi connectivity index (χ3v) is 4.72. The molecule has 2 heterocycles. The Bertz CT molecular complexity index is 841. The molecule has 0 spiro atoms. The molecule has 29 heavy (non-hydrogen) atoms. The topological polar surface area (TPSA) is 97.8 Å². The maximum Gasteiger partial charge on any atom is 0.407 e. The van der Waals surface area contributed by atoms with Crippen LogP contribution < -0.4 is 10.6 Å². The van der Waals surface area contributed by atoms with Crippen LogP contribution in [-0.4, -0.2) is 64.7 Å². The number of carbonyl (C=O) groups is 2. The molecule has 1 fully saturated rings. The summed E-state index contributed by atoms with van der Waals surface area (Å²) >= 11 is 0. The molecule has 2 aromatic rings. The van der Waals surface area contributed by atoms with E-state index in [1.54, 1.807) is 24.4 Å². The van der Waals surface area contributed by atoms with Crippen LogP contribution in [0.3, 0.4) is 0 Å². The lowest BCUT2D eigenvalue weighted by Crippen LogP contribution is -2.48. The number of amides is 3. The quantitative estimate of drug-likeness (QED) is 0.691. The number of anilines is 2. The van der Waals surface area contributed by atoms with Gasteiger partial charge in [0.25, 0.3) is 0 Å². The Kier molecular flexibility index (Phi) is 6.96. The normalized spacial score (nSPS) is 14.4. The number of carbonyl (C=O) groups excluding carboxylic acids is 1. The second kappa shape index (κ2) is 9.83. The van der Waals surface area contributed by atoms with E-state index in [1.807, 2.05) is 0 Å². The largest absolute Gasteiger partial charge is 0.465 e. The molecule has 0 aliphatic carbocycles. The van der Waals surface area contributed by atoms with Crippen LogP contribution in [0.1, 0.15) is 12.0 Å². The first-order valence-corrected chi connectivity index (χ1v) is 9.47. The van der Waals surface area contributed by atoms with Gasteiger partial charge in [-0.05, 0) is 55.3 Å². The number of pyridine rings is 1. The zero-order valence-corrected chi connectivity index (χ0v) is 16.0. The van der Waals surface area contributed by atoms with Gasteiger partial charge < -0.3 is 20.6 Å². The van der Waals surface area contributed by atoms with E-state index in [-0.39, 0.29) is 0 Å². The molecule has 3 rings (SSSR count). The monoisotopic (exact) mass is 401 g/mol. The van der Waals surface area contributed by atoms with Gasteiger partial charge in [0.1, 0.15) is 5.82 Å². The average Bonchev–Trinajstić information content (AvgIpc) is 2.68. The summed E-state index contributed by atoms with van der Waals surface area (Å²) < 4.78 is 14.0. The molecule has 1 saturated heterocycles. The van der Waals surface area contributed by atoms with Gasteiger partial charge in [0.05, 0.1) is 11.9 Å². The molecule has 1 aromatic heterocycles. The summed E-state index contributed by atoms with van der Waals surface area (Å²) in [5, 5.41) is 14.3. The molecule has 0 unspecified atom stereocenters. The highest BCUT2D eigenvalue weighted by molar-refractivity contribution is 5.99. The molecule has 1 aliphatic heterocycles. The summed E-state index contributed by atoms with van der Waals surface area (Å²) in [5.74, 6) is -0.408. The van der Waals surface area contributed by atoms with Crippen LogP contribution in [0.25, 0.3) is 0 Å². The fourth-order valence-corrected chi connectivity index (χ4v) is 3.27. The lowest BCUT2D eigenvalue weighted by Gasteiger charge is -2.33. The summed E-state index contributed by atoms with van der Waals surface area (Å²) in [7, 11) is 0. The second-order valence-corrected chi connectivity index (χ2v) is 6.88. The first-order chi connectivity index (χ1) is 14.0. The van der Waals surface area contributed by atoms with Crippen molar-refractivity contribution in [1.82, 2.24) is 14.8 Å². The van der Waals surface area contributed by atoms with E-state index in [0.717, 1.165) is 18.5 Å². The van der Waals surface area contributed by atoms with Gasteiger partial charge in [-0.1, -0.05) is 0 Å². The summed E-state index contributed by atoms with van der Waals surface area (Å²) in [4.78, 5) is 30.6. The number of halogens is 1. The highest BCUT2D eigenvalue weighted by Crippen LogP contribution is 2.17. The zero-order valence-electron chi connectivity index (χ0n) is 16.0. The molecular formula is C20H24FN5O3. The number of piperazine rings is 1. The minimum absolute atomic E-state index is 0.386. The number of benzene rings is 1. The molecule has 3 amide bonds. The van der Waals surface area contributed by atoms with Gasteiger partial charge in [0.15, 0.2) is 0 Å². The van der Waals surface area contributed by atoms with Gasteiger partial charge in [-0.2, -0.15) is 0 Å². The Labute approximate surface area is 168 Å². The maximum atomic E-state index is 14.0. The highest BCUT2D eigenvalue weighted by Gasteiger charge is 2.19. The Morgan fingerprint density at radius 1 is 1.10 bits per heavy atom. The van der Waals surface area contributed by atoms with Crippen molar-refractivity contribution in [3.63, 3.8) is 0 Å². The fraction of sp³-hybridized carbons (Fsp3) is 0.350. The minimum Gasteiger partial charge on any atom is -0.465 e. The maximum absolute atomic E-state index is 14.0. The van der Waals surface area contributed by atoms with Crippen LogP contribution >= 0.6 is 0 Å². The minimum atomic E-state index is -0.878. The number of nitrogens with one attached hydrogen (secondary N) is 2. The zero-order chi connectivity index (χ0) is 20.6. The fourth-order valence-electron chi connectivity index (χ4n) is 3.27. The Morgan fingerprint density at radius 2 is 1.86 bits per heavy atom. The van der Waals surface area contributed by atoms with Crippen molar-refractivity contribution in [2.45, 2.75) is 12.8 Å². The summed E-state index contributed by atoms with van der Waals surface area (Å²) in [5.41, 5.74) is 1.73. The summed E-state index contributed by atoms with van der Waals surface area (Å²) in [6.45, 7) is 3.24. The van der Waals surface area contributed by atoms with Gasteiger partial charge in [0.2, 0.25) is 0 Å². The first-order valence-electron chi connectivity index (χ1n) is 9.47. The van der Waals surface area contributed by atoms with Crippen LogP contribution in [0.4, 0.5) is 25.4 Å². The number of urea groups is 1. The van der Waals surface area contributed by atoms with Gasteiger partial charge in [-0.3, -0.25) is 9.88 Å². The summed E-state index contributed by atoms with van der Waals surface area (Å²) in [6, 6.07) is 7.45. The average molecular weight is 401 g/mol. The van der Waals surface area contributed by atoms with Gasteiger partial charge in [0, 0.05) is 38.1 Å². The lowest BCUT2D eigenvalue weighted by atomic mass is 10.1. The van der Waals surface area contributed by atoms with Crippen LogP contribution in [0.2, 0.25) is 0 Å². The van der Waals surface area contributed by atoms with E-state index in [2.05, 4.69) is 20.5 Å². The number of rotatable bonds is 6. The van der Waals surface area contributed by atoms with Crippen molar-refractivity contribution in [2.75, 3.05) is 43.4 Å². The highest BCUT2D eigenvalue weighted by atomic mass is 19.1. The third-order valence-electron chi connectivity index (χ3n) is 4.72. The van der Waals surface area contributed by atoms with E-state index in [9.17, 15) is 14.0 Å². The van der Waals surface area contributed by atoms with Crippen molar-refractivity contribution < 1.29 is 19.1 Å². The molecule has 0 radical (unpaired) electrons. The van der Waals surface area contributed by atoms with E-state index in [0.29, 0.717) is 44.0 Å². The predicted molar refractivity (Wildman–Crippen MR) is 108 cm³/mol. The van der Waals surface area contributed by atoms with E-state index >= 15 is 0 Å². The van der Waals surface area contributed by atoms with Crippen molar-refractivity contribution in [2.24, 2.45) is 0 Å². The number of hydrogen-bond donors (Lipinski definition) is 3. The van der Waals surface area contributed by atoms with Crippen molar-refractivity contribution in [1.29, 1.82) is 0 Å². The smallest absolute Gasteiger partial charge is 0.407 e. The predicted octanol–water partition coefficient (Wildman–Crippen LogP) is 3.09. The van der Waals surface area contributed by atoms with E-state index < -0.39 is 17.9 Å². The molecule has 1 aliphatic rings.